The summed E-state index contributed by atoms with van der Waals surface area (Å²) in [7, 11) is 0. The van der Waals surface area contributed by atoms with Crippen LogP contribution in [0.2, 0.25) is 0 Å². The average molecular weight is 303 g/mol. The minimum Gasteiger partial charge on any atom is -0.507 e. The Morgan fingerprint density at radius 1 is 1.11 bits per heavy atom. The van der Waals surface area contributed by atoms with Crippen molar-refractivity contribution >= 4 is 27.8 Å². The molecule has 90 valence electrons. The molecule has 2 aromatic rings. The third-order valence-electron chi connectivity index (χ3n) is 2.46. The van der Waals surface area contributed by atoms with Crippen molar-refractivity contribution in [1.82, 2.24) is 0 Å². The van der Waals surface area contributed by atoms with Gasteiger partial charge in [0.05, 0.1) is 0 Å². The maximum absolute atomic E-state index is 11.8. The first-order chi connectivity index (χ1) is 8.66. The van der Waals surface area contributed by atoms with Crippen LogP contribution in [-0.2, 0) is 0 Å². The number of aromatic hydroxyl groups is 1. The van der Waals surface area contributed by atoms with E-state index in [1.165, 1.54) is 6.08 Å². The Labute approximate surface area is 114 Å². The second kappa shape index (κ2) is 5.65. The molecule has 2 aromatic carbocycles. The lowest BCUT2D eigenvalue weighted by molar-refractivity contribution is 0.104. The smallest absolute Gasteiger partial charge is 0.185 e. The number of phenolic OH excluding ortho intramolecular Hbond substituents is 1. The van der Waals surface area contributed by atoms with Gasteiger partial charge in [0, 0.05) is 15.6 Å². The Hall–Kier alpha value is -1.87. The predicted octanol–water partition coefficient (Wildman–Crippen LogP) is 4.05. The highest BCUT2D eigenvalue weighted by Crippen LogP contribution is 2.23. The predicted molar refractivity (Wildman–Crippen MR) is 75.6 cm³/mol. The Bertz CT molecular complexity index is 589. The molecule has 18 heavy (non-hydrogen) atoms. The highest BCUT2D eigenvalue weighted by atomic mass is 79.9. The van der Waals surface area contributed by atoms with E-state index >= 15 is 0 Å². The number of rotatable bonds is 3. The highest BCUT2D eigenvalue weighted by molar-refractivity contribution is 9.10. The van der Waals surface area contributed by atoms with Gasteiger partial charge in [-0.25, -0.2) is 0 Å². The molecule has 0 atom stereocenters. The topological polar surface area (TPSA) is 37.3 Å². The van der Waals surface area contributed by atoms with E-state index in [4.69, 9.17) is 0 Å². The van der Waals surface area contributed by atoms with E-state index in [0.717, 1.165) is 4.47 Å². The Morgan fingerprint density at radius 3 is 2.56 bits per heavy atom. The molecule has 0 amide bonds. The number of phenols is 1. The summed E-state index contributed by atoms with van der Waals surface area (Å²) in [5, 5.41) is 9.64. The van der Waals surface area contributed by atoms with Crippen molar-refractivity contribution in [3.05, 3.63) is 70.2 Å². The van der Waals surface area contributed by atoms with Gasteiger partial charge in [-0.2, -0.15) is 0 Å². The number of hydrogen-bond donors (Lipinski definition) is 1. The molecule has 0 heterocycles. The molecule has 0 spiro atoms. The van der Waals surface area contributed by atoms with Gasteiger partial charge in [-0.15, -0.1) is 0 Å². The first-order valence-corrected chi connectivity index (χ1v) is 6.22. The van der Waals surface area contributed by atoms with Gasteiger partial charge in [0.2, 0.25) is 0 Å². The Morgan fingerprint density at radius 2 is 1.83 bits per heavy atom. The molecule has 2 nitrogen and oxygen atoms in total. The number of allylic oxidation sites excluding steroid dienone is 1. The molecule has 0 unspecified atom stereocenters. The summed E-state index contributed by atoms with van der Waals surface area (Å²) in [4.78, 5) is 11.8. The number of carbonyl (C=O) groups excluding carboxylic acids is 1. The van der Waals surface area contributed by atoms with Gasteiger partial charge in [0.1, 0.15) is 5.75 Å². The van der Waals surface area contributed by atoms with E-state index in [0.29, 0.717) is 11.1 Å². The summed E-state index contributed by atoms with van der Waals surface area (Å²) >= 11 is 3.32. The zero-order chi connectivity index (χ0) is 13.0. The summed E-state index contributed by atoms with van der Waals surface area (Å²) in [6, 6.07) is 14.1. The largest absolute Gasteiger partial charge is 0.507 e. The van der Waals surface area contributed by atoms with Crippen LogP contribution in [0.4, 0.5) is 0 Å². The summed E-state index contributed by atoms with van der Waals surface area (Å²) in [5.74, 6) is 0.0605. The van der Waals surface area contributed by atoms with Crippen molar-refractivity contribution in [2.24, 2.45) is 0 Å². The van der Waals surface area contributed by atoms with E-state index in [1.807, 2.05) is 18.2 Å². The molecule has 0 saturated heterocycles. The normalized spacial score (nSPS) is 10.7. The summed E-state index contributed by atoms with van der Waals surface area (Å²) in [5.41, 5.74) is 1.23. The first kappa shape index (κ1) is 12.6. The molecular formula is C15H11BrO2. The molecule has 0 fully saturated rings. The molecular weight excluding hydrogens is 292 g/mol. The van der Waals surface area contributed by atoms with Crippen LogP contribution < -0.4 is 0 Å². The summed E-state index contributed by atoms with van der Waals surface area (Å²) in [6.45, 7) is 0. The van der Waals surface area contributed by atoms with Crippen LogP contribution in [0.25, 0.3) is 6.08 Å². The van der Waals surface area contributed by atoms with E-state index in [9.17, 15) is 9.90 Å². The molecule has 0 aliphatic rings. The third-order valence-corrected chi connectivity index (χ3v) is 2.96. The monoisotopic (exact) mass is 302 g/mol. The maximum Gasteiger partial charge on any atom is 0.185 e. The van der Waals surface area contributed by atoms with E-state index < -0.39 is 0 Å². The maximum atomic E-state index is 11.8. The Kier molecular flexibility index (Phi) is 3.95. The summed E-state index contributed by atoms with van der Waals surface area (Å²) < 4.78 is 0.854. The number of benzene rings is 2. The lowest BCUT2D eigenvalue weighted by Gasteiger charge is -1.99. The molecule has 0 aromatic heterocycles. The number of halogens is 1. The van der Waals surface area contributed by atoms with Gasteiger partial charge in [0.25, 0.3) is 0 Å². The number of ketones is 1. The zero-order valence-corrected chi connectivity index (χ0v) is 11.1. The molecule has 1 N–H and O–H groups in total. The van der Waals surface area contributed by atoms with Crippen molar-refractivity contribution in [2.45, 2.75) is 0 Å². The first-order valence-electron chi connectivity index (χ1n) is 5.43. The molecule has 0 saturated carbocycles. The molecule has 0 aliphatic heterocycles. The third kappa shape index (κ3) is 3.08. The SMILES string of the molecule is O=C(/C=C\c1cc(Br)ccc1O)c1ccccc1. The van der Waals surface area contributed by atoms with Gasteiger partial charge in [-0.05, 0) is 30.4 Å². The second-order valence-corrected chi connectivity index (χ2v) is 4.68. The lowest BCUT2D eigenvalue weighted by Crippen LogP contribution is -1.92. The van der Waals surface area contributed by atoms with Gasteiger partial charge in [-0.1, -0.05) is 46.3 Å². The van der Waals surface area contributed by atoms with Crippen molar-refractivity contribution < 1.29 is 9.90 Å². The van der Waals surface area contributed by atoms with Gasteiger partial charge in [-0.3, -0.25) is 4.79 Å². The standard InChI is InChI=1S/C15H11BrO2/c16-13-7-9-15(18)12(10-13)6-8-14(17)11-4-2-1-3-5-11/h1-10,18H/b8-6-. The average Bonchev–Trinajstić information content (AvgIpc) is 2.40. The van der Waals surface area contributed by atoms with Gasteiger partial charge >= 0.3 is 0 Å². The lowest BCUT2D eigenvalue weighted by atomic mass is 10.1. The Balaban J connectivity index is 2.21. The summed E-state index contributed by atoms with van der Waals surface area (Å²) in [6.07, 6.45) is 3.06. The molecule has 0 bridgehead atoms. The minimum atomic E-state index is -0.0880. The number of carbonyl (C=O) groups is 1. The fraction of sp³-hybridized carbons (Fsp3) is 0. The minimum absolute atomic E-state index is 0.0880. The molecule has 0 aliphatic carbocycles. The van der Waals surface area contributed by atoms with E-state index in [2.05, 4.69) is 15.9 Å². The van der Waals surface area contributed by atoms with Crippen LogP contribution in [-0.4, -0.2) is 10.9 Å². The van der Waals surface area contributed by atoms with Gasteiger partial charge in [0.15, 0.2) is 5.78 Å². The van der Waals surface area contributed by atoms with Crippen LogP contribution in [0.15, 0.2) is 59.1 Å². The second-order valence-electron chi connectivity index (χ2n) is 3.77. The quantitative estimate of drug-likeness (QED) is 0.686. The van der Waals surface area contributed by atoms with E-state index in [1.54, 1.807) is 36.4 Å². The van der Waals surface area contributed by atoms with Crippen LogP contribution in [0, 0.1) is 0 Å². The molecule has 3 heteroatoms. The number of hydrogen-bond acceptors (Lipinski definition) is 2. The highest BCUT2D eigenvalue weighted by Gasteiger charge is 2.02. The molecule has 0 radical (unpaired) electrons. The molecule has 2 rings (SSSR count). The fourth-order valence-corrected chi connectivity index (χ4v) is 1.90. The van der Waals surface area contributed by atoms with Crippen molar-refractivity contribution in [3.63, 3.8) is 0 Å². The van der Waals surface area contributed by atoms with E-state index in [-0.39, 0.29) is 11.5 Å². The van der Waals surface area contributed by atoms with Crippen molar-refractivity contribution in [2.75, 3.05) is 0 Å². The van der Waals surface area contributed by atoms with Crippen LogP contribution in [0.3, 0.4) is 0 Å². The fourth-order valence-electron chi connectivity index (χ4n) is 1.52. The van der Waals surface area contributed by atoms with Gasteiger partial charge < -0.3 is 5.11 Å². The van der Waals surface area contributed by atoms with Crippen LogP contribution in [0.1, 0.15) is 15.9 Å². The van der Waals surface area contributed by atoms with Crippen LogP contribution in [0.5, 0.6) is 5.75 Å². The van der Waals surface area contributed by atoms with Crippen LogP contribution >= 0.6 is 15.9 Å². The van der Waals surface area contributed by atoms with Crippen molar-refractivity contribution in [1.29, 1.82) is 0 Å². The zero-order valence-electron chi connectivity index (χ0n) is 9.51. The van der Waals surface area contributed by atoms with Crippen molar-refractivity contribution in [3.8, 4) is 5.75 Å².